The van der Waals surface area contributed by atoms with Crippen LogP contribution in [0.5, 0.6) is 0 Å². The lowest BCUT2D eigenvalue weighted by molar-refractivity contribution is 0.242. The van der Waals surface area contributed by atoms with Crippen LogP contribution >= 0.6 is 0 Å². The Balaban J connectivity index is 2.30. The fourth-order valence-electron chi connectivity index (χ4n) is 2.44. The average molecular weight is 304 g/mol. The fraction of sp³-hybridized carbons (Fsp3) is 0.538. The minimum atomic E-state index is -3.94. The van der Waals surface area contributed by atoms with Gasteiger partial charge in [0.25, 0.3) is 0 Å². The predicted octanol–water partition coefficient (Wildman–Crippen LogP) is 1.71. The summed E-state index contributed by atoms with van der Waals surface area (Å²) in [6.07, 6.45) is 1.55. The van der Waals surface area contributed by atoms with E-state index in [0.717, 1.165) is 18.6 Å². The van der Waals surface area contributed by atoms with Crippen LogP contribution in [0.25, 0.3) is 0 Å². The number of hydrogen-bond donors (Lipinski definition) is 1. The standard InChI is InChI=1S/C13H18F2N2O2S/c1-9(16)10-3-2-6-17(8-10)20(18,19)13-5-4-11(14)7-12(13)15/h4-5,7,9-10H,2-3,6,8,16H2,1H3/t9-,10+/m1/s1. The molecule has 0 unspecified atom stereocenters. The van der Waals surface area contributed by atoms with E-state index >= 15 is 0 Å². The van der Waals surface area contributed by atoms with Crippen molar-refractivity contribution >= 4 is 10.0 Å². The van der Waals surface area contributed by atoms with E-state index in [9.17, 15) is 17.2 Å². The van der Waals surface area contributed by atoms with Gasteiger partial charge in [0, 0.05) is 25.2 Å². The number of hydrogen-bond acceptors (Lipinski definition) is 3. The maximum atomic E-state index is 13.7. The molecule has 1 aliphatic heterocycles. The number of piperidine rings is 1. The van der Waals surface area contributed by atoms with Crippen LogP contribution in [0.3, 0.4) is 0 Å². The third-order valence-corrected chi connectivity index (χ3v) is 5.57. The summed E-state index contributed by atoms with van der Waals surface area (Å²) in [6, 6.07) is 2.38. The lowest BCUT2D eigenvalue weighted by Crippen LogP contribution is -2.45. The summed E-state index contributed by atoms with van der Waals surface area (Å²) < 4.78 is 52.6. The molecule has 0 bridgehead atoms. The van der Waals surface area contributed by atoms with Crippen molar-refractivity contribution in [2.24, 2.45) is 11.7 Å². The molecule has 0 radical (unpaired) electrons. The molecule has 2 atom stereocenters. The first-order valence-corrected chi connectivity index (χ1v) is 7.97. The Hall–Kier alpha value is -1.05. The van der Waals surface area contributed by atoms with E-state index in [1.54, 1.807) is 0 Å². The van der Waals surface area contributed by atoms with Crippen LogP contribution in [0.15, 0.2) is 23.1 Å². The number of sulfonamides is 1. The first-order valence-electron chi connectivity index (χ1n) is 6.53. The molecule has 1 aromatic rings. The van der Waals surface area contributed by atoms with Gasteiger partial charge in [0.05, 0.1) is 0 Å². The van der Waals surface area contributed by atoms with Crippen molar-refractivity contribution in [2.75, 3.05) is 13.1 Å². The number of nitrogens with zero attached hydrogens (tertiary/aromatic N) is 1. The molecular weight excluding hydrogens is 286 g/mol. The highest BCUT2D eigenvalue weighted by molar-refractivity contribution is 7.89. The zero-order valence-electron chi connectivity index (χ0n) is 11.2. The van der Waals surface area contributed by atoms with E-state index in [1.807, 2.05) is 6.92 Å². The molecule has 0 spiro atoms. The van der Waals surface area contributed by atoms with Crippen molar-refractivity contribution < 1.29 is 17.2 Å². The van der Waals surface area contributed by atoms with Crippen LogP contribution in [0, 0.1) is 17.6 Å². The molecule has 0 aliphatic carbocycles. The summed E-state index contributed by atoms with van der Waals surface area (Å²) in [6.45, 7) is 2.44. The van der Waals surface area contributed by atoms with Gasteiger partial charge in [-0.1, -0.05) is 0 Å². The quantitative estimate of drug-likeness (QED) is 0.924. The van der Waals surface area contributed by atoms with Gasteiger partial charge in [0.2, 0.25) is 10.0 Å². The van der Waals surface area contributed by atoms with E-state index in [2.05, 4.69) is 0 Å². The van der Waals surface area contributed by atoms with Gasteiger partial charge in [-0.25, -0.2) is 17.2 Å². The van der Waals surface area contributed by atoms with Gasteiger partial charge in [-0.2, -0.15) is 4.31 Å². The Kier molecular flexibility index (Phi) is 4.41. The molecule has 20 heavy (non-hydrogen) atoms. The summed E-state index contributed by atoms with van der Waals surface area (Å²) in [7, 11) is -3.94. The number of nitrogens with two attached hydrogens (primary N) is 1. The highest BCUT2D eigenvalue weighted by atomic mass is 32.2. The molecule has 2 N–H and O–H groups in total. The minimum absolute atomic E-state index is 0.0574. The van der Waals surface area contributed by atoms with Gasteiger partial charge in [-0.3, -0.25) is 0 Å². The summed E-state index contributed by atoms with van der Waals surface area (Å²) >= 11 is 0. The van der Waals surface area contributed by atoms with Crippen LogP contribution in [0.2, 0.25) is 0 Å². The highest BCUT2D eigenvalue weighted by Gasteiger charge is 2.33. The maximum Gasteiger partial charge on any atom is 0.245 e. The van der Waals surface area contributed by atoms with E-state index in [4.69, 9.17) is 5.73 Å². The van der Waals surface area contributed by atoms with Gasteiger partial charge in [0.1, 0.15) is 16.5 Å². The topological polar surface area (TPSA) is 63.4 Å². The second-order valence-electron chi connectivity index (χ2n) is 5.20. The second kappa shape index (κ2) is 5.75. The first-order chi connectivity index (χ1) is 9.32. The van der Waals surface area contributed by atoms with Crippen LogP contribution in [-0.2, 0) is 10.0 Å². The number of halogens is 2. The molecule has 0 aromatic heterocycles. The summed E-state index contributed by atoms with van der Waals surface area (Å²) in [5, 5.41) is 0. The molecule has 7 heteroatoms. The number of benzene rings is 1. The zero-order valence-corrected chi connectivity index (χ0v) is 12.0. The summed E-state index contributed by atoms with van der Waals surface area (Å²) in [4.78, 5) is -0.482. The lowest BCUT2D eigenvalue weighted by atomic mass is 9.93. The van der Waals surface area contributed by atoms with E-state index in [1.165, 1.54) is 4.31 Å². The molecule has 1 heterocycles. The molecule has 1 saturated heterocycles. The van der Waals surface area contributed by atoms with Gasteiger partial charge < -0.3 is 5.73 Å². The monoisotopic (exact) mass is 304 g/mol. The maximum absolute atomic E-state index is 13.7. The van der Waals surface area contributed by atoms with Crippen LogP contribution in [0.4, 0.5) is 8.78 Å². The van der Waals surface area contributed by atoms with Crippen LogP contribution in [0.1, 0.15) is 19.8 Å². The molecule has 4 nitrogen and oxygen atoms in total. The zero-order chi connectivity index (χ0) is 14.9. The van der Waals surface area contributed by atoms with E-state index < -0.39 is 26.6 Å². The van der Waals surface area contributed by atoms with Gasteiger partial charge in [0.15, 0.2) is 0 Å². The molecule has 1 fully saturated rings. The molecule has 1 aromatic carbocycles. The number of rotatable bonds is 3. The van der Waals surface area contributed by atoms with Crippen LogP contribution in [-0.4, -0.2) is 31.9 Å². The Morgan fingerprint density at radius 3 is 2.70 bits per heavy atom. The molecule has 1 aliphatic rings. The Morgan fingerprint density at radius 1 is 1.40 bits per heavy atom. The molecule has 112 valence electrons. The predicted molar refractivity (Wildman–Crippen MR) is 71.5 cm³/mol. The largest absolute Gasteiger partial charge is 0.328 e. The van der Waals surface area contributed by atoms with Gasteiger partial charge in [-0.05, 0) is 37.8 Å². The average Bonchev–Trinajstić information content (AvgIpc) is 2.38. The van der Waals surface area contributed by atoms with E-state index in [-0.39, 0.29) is 18.5 Å². The lowest BCUT2D eigenvalue weighted by Gasteiger charge is -2.33. The molecule has 0 amide bonds. The first kappa shape index (κ1) is 15.3. The van der Waals surface area contributed by atoms with Crippen molar-refractivity contribution in [3.63, 3.8) is 0 Å². The third-order valence-electron chi connectivity index (χ3n) is 3.68. The molecule has 2 rings (SSSR count). The second-order valence-corrected chi connectivity index (χ2v) is 7.11. The molecular formula is C13H18F2N2O2S. The Morgan fingerprint density at radius 2 is 2.10 bits per heavy atom. The van der Waals surface area contributed by atoms with Crippen molar-refractivity contribution in [3.05, 3.63) is 29.8 Å². The third kappa shape index (κ3) is 2.99. The minimum Gasteiger partial charge on any atom is -0.328 e. The Bertz CT molecular complexity index is 590. The van der Waals surface area contributed by atoms with Crippen LogP contribution < -0.4 is 5.73 Å². The summed E-state index contributed by atoms with van der Waals surface area (Å²) in [5.74, 6) is -1.80. The Labute approximate surface area is 117 Å². The normalized spacial score (nSPS) is 22.7. The van der Waals surface area contributed by atoms with E-state index in [0.29, 0.717) is 19.0 Å². The fourth-order valence-corrected chi connectivity index (χ4v) is 4.03. The smallest absolute Gasteiger partial charge is 0.245 e. The van der Waals surface area contributed by atoms with Crippen molar-refractivity contribution in [1.82, 2.24) is 4.31 Å². The summed E-state index contributed by atoms with van der Waals surface area (Å²) in [5.41, 5.74) is 5.82. The van der Waals surface area contributed by atoms with Gasteiger partial charge >= 0.3 is 0 Å². The highest BCUT2D eigenvalue weighted by Crippen LogP contribution is 2.26. The molecule has 0 saturated carbocycles. The SMILES string of the molecule is C[C@@H](N)[C@H]1CCCN(S(=O)(=O)c2ccc(F)cc2F)C1. The van der Waals surface area contributed by atoms with Crippen molar-refractivity contribution in [1.29, 1.82) is 0 Å². The van der Waals surface area contributed by atoms with Crippen molar-refractivity contribution in [3.8, 4) is 0 Å². The van der Waals surface area contributed by atoms with Gasteiger partial charge in [-0.15, -0.1) is 0 Å². The van der Waals surface area contributed by atoms with Crippen molar-refractivity contribution in [2.45, 2.75) is 30.7 Å².